The third-order valence-electron chi connectivity index (χ3n) is 4.35. The molecule has 3 aromatic rings. The van der Waals surface area contributed by atoms with Gasteiger partial charge in [-0.2, -0.15) is 0 Å². The third kappa shape index (κ3) is 3.35. The van der Waals surface area contributed by atoms with Crippen LogP contribution in [0.3, 0.4) is 0 Å². The first-order valence-electron chi connectivity index (χ1n) is 8.09. The lowest BCUT2D eigenvalue weighted by molar-refractivity contribution is -0.156. The molecule has 0 aliphatic carbocycles. The predicted molar refractivity (Wildman–Crippen MR) is 95.7 cm³/mol. The minimum atomic E-state index is -1.63. The van der Waals surface area contributed by atoms with E-state index in [0.29, 0.717) is 11.3 Å². The second-order valence-electron chi connectivity index (χ2n) is 6.03. The molecule has 0 saturated carbocycles. The average Bonchev–Trinajstić information content (AvgIpc) is 3.10. The van der Waals surface area contributed by atoms with Crippen molar-refractivity contribution in [3.63, 3.8) is 0 Å². The van der Waals surface area contributed by atoms with E-state index in [4.69, 9.17) is 0 Å². The van der Waals surface area contributed by atoms with Gasteiger partial charge in [0.15, 0.2) is 5.92 Å². The molecule has 0 aliphatic heterocycles. The van der Waals surface area contributed by atoms with Gasteiger partial charge in [-0.25, -0.2) is 4.98 Å². The van der Waals surface area contributed by atoms with Gasteiger partial charge in [-0.15, -0.1) is 0 Å². The van der Waals surface area contributed by atoms with Crippen LogP contribution in [0, 0.1) is 12.8 Å². The number of imidazole rings is 1. The molecule has 0 saturated heterocycles. The van der Waals surface area contributed by atoms with Crippen molar-refractivity contribution < 1.29 is 19.8 Å². The van der Waals surface area contributed by atoms with Crippen LogP contribution in [0.25, 0.3) is 11.3 Å². The second kappa shape index (κ2) is 7.23. The van der Waals surface area contributed by atoms with Gasteiger partial charge in [0, 0.05) is 11.8 Å². The van der Waals surface area contributed by atoms with Crippen molar-refractivity contribution in [3.05, 3.63) is 78.2 Å². The number of benzene rings is 2. The molecule has 1 atom stereocenters. The third-order valence-corrected chi connectivity index (χ3v) is 4.35. The summed E-state index contributed by atoms with van der Waals surface area (Å²) in [7, 11) is 0. The van der Waals surface area contributed by atoms with Gasteiger partial charge in [-0.1, -0.05) is 54.6 Å². The monoisotopic (exact) mass is 350 g/mol. The smallest absolute Gasteiger partial charge is 0.320 e. The molecule has 1 unspecified atom stereocenters. The maximum Gasteiger partial charge on any atom is 0.320 e. The van der Waals surface area contributed by atoms with Gasteiger partial charge in [-0.05, 0) is 18.1 Å². The highest BCUT2D eigenvalue weighted by Gasteiger charge is 2.38. The van der Waals surface area contributed by atoms with Crippen LogP contribution in [0.1, 0.15) is 17.2 Å². The molecule has 132 valence electrons. The highest BCUT2D eigenvalue weighted by Crippen LogP contribution is 2.31. The minimum Gasteiger partial charge on any atom is -0.481 e. The zero-order valence-corrected chi connectivity index (χ0v) is 14.1. The Morgan fingerprint density at radius 1 is 0.962 bits per heavy atom. The molecule has 6 nitrogen and oxygen atoms in total. The van der Waals surface area contributed by atoms with E-state index >= 15 is 0 Å². The van der Waals surface area contributed by atoms with Gasteiger partial charge in [0.1, 0.15) is 0 Å². The molecule has 0 bridgehead atoms. The van der Waals surface area contributed by atoms with E-state index < -0.39 is 23.9 Å². The quantitative estimate of drug-likeness (QED) is 0.666. The molecule has 0 radical (unpaired) electrons. The van der Waals surface area contributed by atoms with Crippen LogP contribution in [-0.2, 0) is 9.59 Å². The second-order valence-corrected chi connectivity index (χ2v) is 6.03. The Hall–Kier alpha value is -3.41. The van der Waals surface area contributed by atoms with Crippen molar-refractivity contribution in [1.29, 1.82) is 0 Å². The van der Waals surface area contributed by atoms with Crippen molar-refractivity contribution in [2.24, 2.45) is 5.92 Å². The number of nitrogens with zero attached hydrogens (tertiary/aromatic N) is 2. The number of carboxylic acid groups (broad SMARTS) is 2. The molecule has 6 heteroatoms. The van der Waals surface area contributed by atoms with Gasteiger partial charge < -0.3 is 14.8 Å². The molecule has 0 fully saturated rings. The number of rotatable bonds is 6. The summed E-state index contributed by atoms with van der Waals surface area (Å²) < 4.78 is 1.57. The highest BCUT2D eigenvalue weighted by molar-refractivity contribution is 5.94. The fourth-order valence-electron chi connectivity index (χ4n) is 3.05. The molecule has 2 N–H and O–H groups in total. The number of aliphatic carboxylic acids is 2. The van der Waals surface area contributed by atoms with Gasteiger partial charge >= 0.3 is 11.9 Å². The number of aryl methyl sites for hydroxylation is 1. The molecule has 1 aromatic heterocycles. The van der Waals surface area contributed by atoms with E-state index in [-0.39, 0.29) is 0 Å². The van der Waals surface area contributed by atoms with Crippen LogP contribution in [0.5, 0.6) is 0 Å². The van der Waals surface area contributed by atoms with E-state index in [1.165, 1.54) is 6.33 Å². The summed E-state index contributed by atoms with van der Waals surface area (Å²) in [6, 6.07) is 15.7. The summed E-state index contributed by atoms with van der Waals surface area (Å²) in [5.41, 5.74) is 2.98. The molecule has 0 spiro atoms. The lowest BCUT2D eigenvalue weighted by atomic mass is 9.90. The number of carboxylic acids is 2. The zero-order valence-electron chi connectivity index (χ0n) is 14.1. The van der Waals surface area contributed by atoms with Crippen LogP contribution in [-0.4, -0.2) is 31.7 Å². The Balaban J connectivity index is 2.13. The fraction of sp³-hybridized carbons (Fsp3) is 0.150. The van der Waals surface area contributed by atoms with E-state index in [2.05, 4.69) is 4.98 Å². The van der Waals surface area contributed by atoms with Gasteiger partial charge in [0.2, 0.25) is 0 Å². The zero-order chi connectivity index (χ0) is 18.7. The average molecular weight is 350 g/mol. The van der Waals surface area contributed by atoms with Crippen LogP contribution in [0.15, 0.2) is 67.1 Å². The number of hydrogen-bond donors (Lipinski definition) is 2. The first kappa shape index (κ1) is 17.4. The van der Waals surface area contributed by atoms with E-state index in [0.717, 1.165) is 11.1 Å². The Kier molecular flexibility index (Phi) is 4.84. The normalized spacial score (nSPS) is 12.1. The predicted octanol–water partition coefficient (Wildman–Crippen LogP) is 3.23. The van der Waals surface area contributed by atoms with E-state index in [9.17, 15) is 19.8 Å². The highest BCUT2D eigenvalue weighted by atomic mass is 16.4. The molecule has 1 heterocycles. The molecule has 26 heavy (non-hydrogen) atoms. The minimum absolute atomic E-state index is 0.638. The maximum absolute atomic E-state index is 11.7. The SMILES string of the molecule is Cc1ccccc1C(C(C(=O)O)C(=O)O)n1cnc(-c2ccccc2)c1. The largest absolute Gasteiger partial charge is 0.481 e. The summed E-state index contributed by atoms with van der Waals surface area (Å²) in [4.78, 5) is 27.7. The Morgan fingerprint density at radius 3 is 2.19 bits per heavy atom. The first-order chi connectivity index (χ1) is 12.5. The van der Waals surface area contributed by atoms with Crippen LogP contribution < -0.4 is 0 Å². The summed E-state index contributed by atoms with van der Waals surface area (Å²) in [5, 5.41) is 19.1. The Bertz CT molecular complexity index is 920. The lowest BCUT2D eigenvalue weighted by Crippen LogP contribution is -2.33. The Morgan fingerprint density at radius 2 is 1.58 bits per heavy atom. The van der Waals surface area contributed by atoms with Crippen LogP contribution >= 0.6 is 0 Å². The van der Waals surface area contributed by atoms with Crippen LogP contribution in [0.2, 0.25) is 0 Å². The standard InChI is InChI=1S/C20H18N2O4/c1-13-7-5-6-10-15(13)18(17(19(23)24)20(25)26)22-11-16(21-12-22)14-8-3-2-4-9-14/h2-12,17-18H,1H3,(H,23,24)(H,25,26). The maximum atomic E-state index is 11.7. The summed E-state index contributed by atoms with van der Waals surface area (Å²) in [5.74, 6) is -4.41. The first-order valence-corrected chi connectivity index (χ1v) is 8.09. The van der Waals surface area contributed by atoms with E-state index in [1.54, 1.807) is 22.9 Å². The van der Waals surface area contributed by atoms with Gasteiger partial charge in [0.05, 0.1) is 18.1 Å². The number of hydrogen-bond acceptors (Lipinski definition) is 3. The number of aromatic nitrogens is 2. The van der Waals surface area contributed by atoms with Crippen molar-refractivity contribution in [3.8, 4) is 11.3 Å². The molecule has 2 aromatic carbocycles. The Labute approximate surface area is 150 Å². The molecule has 0 amide bonds. The molecule has 3 rings (SSSR count). The van der Waals surface area contributed by atoms with Gasteiger partial charge in [-0.3, -0.25) is 9.59 Å². The van der Waals surface area contributed by atoms with Crippen molar-refractivity contribution in [1.82, 2.24) is 9.55 Å². The number of carbonyl (C=O) groups is 2. The summed E-state index contributed by atoms with van der Waals surface area (Å²) in [6.07, 6.45) is 3.17. The van der Waals surface area contributed by atoms with Crippen LogP contribution in [0.4, 0.5) is 0 Å². The molecule has 0 aliphatic rings. The fourth-order valence-corrected chi connectivity index (χ4v) is 3.05. The summed E-state index contributed by atoms with van der Waals surface area (Å²) in [6.45, 7) is 1.83. The summed E-state index contributed by atoms with van der Waals surface area (Å²) >= 11 is 0. The van der Waals surface area contributed by atoms with Crippen molar-refractivity contribution >= 4 is 11.9 Å². The van der Waals surface area contributed by atoms with Gasteiger partial charge in [0.25, 0.3) is 0 Å². The van der Waals surface area contributed by atoms with Crippen molar-refractivity contribution in [2.45, 2.75) is 13.0 Å². The molecular formula is C20H18N2O4. The topological polar surface area (TPSA) is 92.4 Å². The van der Waals surface area contributed by atoms with Crippen molar-refractivity contribution in [2.75, 3.05) is 0 Å². The molecular weight excluding hydrogens is 332 g/mol. The lowest BCUT2D eigenvalue weighted by Gasteiger charge is -2.24. The van der Waals surface area contributed by atoms with E-state index in [1.807, 2.05) is 49.4 Å².